The summed E-state index contributed by atoms with van der Waals surface area (Å²) in [4.78, 5) is 0. The Kier molecular flexibility index (Phi) is 4.25. The zero-order valence-corrected chi connectivity index (χ0v) is 12.5. The Bertz CT molecular complexity index is 503. The van der Waals surface area contributed by atoms with Gasteiger partial charge in [0.15, 0.2) is 0 Å². The summed E-state index contributed by atoms with van der Waals surface area (Å²) in [6.07, 6.45) is 12.8. The van der Waals surface area contributed by atoms with Gasteiger partial charge >= 0.3 is 0 Å². The van der Waals surface area contributed by atoms with E-state index in [0.717, 1.165) is 5.92 Å². The minimum atomic E-state index is 0.691. The maximum atomic E-state index is 2.39. The molecule has 0 saturated heterocycles. The summed E-state index contributed by atoms with van der Waals surface area (Å²) in [5.74, 6) is 1.65. The summed E-state index contributed by atoms with van der Waals surface area (Å²) in [6.45, 7) is 2.39. The third kappa shape index (κ3) is 3.15. The molecule has 1 atom stereocenters. The predicted molar refractivity (Wildman–Crippen MR) is 85.4 cm³/mol. The first-order chi connectivity index (χ1) is 9.83. The van der Waals surface area contributed by atoms with Crippen LogP contribution < -0.4 is 0 Å². The van der Waals surface area contributed by atoms with Gasteiger partial charge in [0.25, 0.3) is 0 Å². The van der Waals surface area contributed by atoms with Gasteiger partial charge in [0.2, 0.25) is 0 Å². The third-order valence-electron chi connectivity index (χ3n) is 4.78. The number of hydrogen-bond donors (Lipinski definition) is 0. The number of benzene rings is 1. The molecular weight excluding hydrogens is 242 g/mol. The minimum Gasteiger partial charge on any atom is -0.324 e. The van der Waals surface area contributed by atoms with Crippen molar-refractivity contribution < 1.29 is 0 Å². The highest BCUT2D eigenvalue weighted by molar-refractivity contribution is 5.36. The zero-order valence-electron chi connectivity index (χ0n) is 12.5. The Hall–Kier alpha value is -1.50. The molecule has 106 valence electrons. The number of hydrogen-bond acceptors (Lipinski definition) is 0. The second-order valence-electron chi connectivity index (χ2n) is 6.32. The summed E-state index contributed by atoms with van der Waals surface area (Å²) in [6, 6.07) is 13.2. The van der Waals surface area contributed by atoms with E-state index in [1.54, 1.807) is 0 Å². The van der Waals surface area contributed by atoms with E-state index in [2.05, 4.69) is 60.3 Å². The van der Waals surface area contributed by atoms with Crippen LogP contribution in [0.1, 0.15) is 56.9 Å². The Morgan fingerprint density at radius 1 is 1.00 bits per heavy atom. The molecule has 1 heterocycles. The molecule has 3 rings (SSSR count). The normalized spacial score (nSPS) is 18.1. The monoisotopic (exact) mass is 267 g/mol. The fraction of sp³-hybridized carbons (Fsp3) is 0.474. The zero-order chi connectivity index (χ0) is 13.8. The highest BCUT2D eigenvalue weighted by Gasteiger charge is 2.17. The summed E-state index contributed by atoms with van der Waals surface area (Å²) >= 11 is 0. The summed E-state index contributed by atoms with van der Waals surface area (Å²) in [7, 11) is 0. The average Bonchev–Trinajstić information content (AvgIpc) is 3.03. The fourth-order valence-electron chi connectivity index (χ4n) is 3.54. The first kappa shape index (κ1) is 13.5. The predicted octanol–water partition coefficient (Wildman–Crippen LogP) is 5.55. The molecule has 1 heteroatoms. The molecule has 1 saturated carbocycles. The highest BCUT2D eigenvalue weighted by atomic mass is 14.9. The molecule has 1 aliphatic carbocycles. The molecular formula is C19H25N. The number of nitrogens with zero attached hydrogens (tertiary/aromatic N) is 1. The van der Waals surface area contributed by atoms with Crippen molar-refractivity contribution in [2.75, 3.05) is 0 Å². The lowest BCUT2D eigenvalue weighted by molar-refractivity contribution is 0.323. The molecule has 2 aromatic rings. The van der Waals surface area contributed by atoms with Crippen molar-refractivity contribution in [3.8, 4) is 5.69 Å². The van der Waals surface area contributed by atoms with Gasteiger partial charge in [-0.05, 0) is 48.1 Å². The Balaban J connectivity index is 1.64. The molecule has 0 bridgehead atoms. The van der Waals surface area contributed by atoms with Crippen molar-refractivity contribution in [3.05, 3.63) is 54.4 Å². The molecule has 0 amide bonds. The molecule has 1 aliphatic rings. The second-order valence-corrected chi connectivity index (χ2v) is 6.32. The molecule has 0 spiro atoms. The van der Waals surface area contributed by atoms with Crippen LogP contribution in [0.4, 0.5) is 0 Å². The van der Waals surface area contributed by atoms with E-state index in [9.17, 15) is 0 Å². The van der Waals surface area contributed by atoms with Gasteiger partial charge in [0.05, 0.1) is 0 Å². The van der Waals surface area contributed by atoms with Gasteiger partial charge in [-0.1, -0.05) is 51.2 Å². The van der Waals surface area contributed by atoms with Crippen LogP contribution in [0.25, 0.3) is 5.69 Å². The lowest BCUT2D eigenvalue weighted by atomic mass is 9.81. The Labute approximate surface area is 122 Å². The van der Waals surface area contributed by atoms with Crippen molar-refractivity contribution in [2.24, 2.45) is 5.92 Å². The van der Waals surface area contributed by atoms with E-state index >= 15 is 0 Å². The lowest BCUT2D eigenvalue weighted by Crippen LogP contribution is -2.09. The van der Waals surface area contributed by atoms with Gasteiger partial charge in [-0.2, -0.15) is 0 Å². The third-order valence-corrected chi connectivity index (χ3v) is 4.78. The molecule has 0 unspecified atom stereocenters. The largest absolute Gasteiger partial charge is 0.324 e. The van der Waals surface area contributed by atoms with Gasteiger partial charge in [-0.15, -0.1) is 0 Å². The van der Waals surface area contributed by atoms with E-state index in [1.807, 2.05) is 0 Å². The van der Waals surface area contributed by atoms with Crippen molar-refractivity contribution >= 4 is 0 Å². The summed E-state index contributed by atoms with van der Waals surface area (Å²) in [5.41, 5.74) is 2.75. The van der Waals surface area contributed by atoms with Gasteiger partial charge in [-0.25, -0.2) is 0 Å². The van der Waals surface area contributed by atoms with Gasteiger partial charge in [0, 0.05) is 18.1 Å². The SMILES string of the molecule is C[C@@H](CC1CCCCC1)c1ccc(-n2cccc2)cc1. The summed E-state index contributed by atoms with van der Waals surface area (Å²) in [5, 5.41) is 0. The first-order valence-corrected chi connectivity index (χ1v) is 8.06. The van der Waals surface area contributed by atoms with E-state index in [4.69, 9.17) is 0 Å². The second kappa shape index (κ2) is 6.30. The van der Waals surface area contributed by atoms with Gasteiger partial charge < -0.3 is 4.57 Å². The minimum absolute atomic E-state index is 0.691. The molecule has 1 fully saturated rings. The number of aromatic nitrogens is 1. The van der Waals surface area contributed by atoms with Crippen molar-refractivity contribution in [1.82, 2.24) is 4.57 Å². The van der Waals surface area contributed by atoms with Crippen LogP contribution in [0.15, 0.2) is 48.8 Å². The molecule has 1 nitrogen and oxygen atoms in total. The highest BCUT2D eigenvalue weighted by Crippen LogP contribution is 2.32. The Morgan fingerprint density at radius 2 is 1.65 bits per heavy atom. The van der Waals surface area contributed by atoms with Crippen LogP contribution in [0.5, 0.6) is 0 Å². The van der Waals surface area contributed by atoms with Crippen LogP contribution in [0, 0.1) is 5.92 Å². The maximum Gasteiger partial charge on any atom is 0.0449 e. The molecule has 0 N–H and O–H groups in total. The van der Waals surface area contributed by atoms with Crippen molar-refractivity contribution in [2.45, 2.75) is 51.4 Å². The molecule has 1 aromatic heterocycles. The van der Waals surface area contributed by atoms with Crippen LogP contribution in [-0.2, 0) is 0 Å². The van der Waals surface area contributed by atoms with E-state index < -0.39 is 0 Å². The number of rotatable bonds is 4. The standard InChI is InChI=1S/C19H25N/c1-16(15-17-7-3-2-4-8-17)18-9-11-19(12-10-18)20-13-5-6-14-20/h5-6,9-14,16-17H,2-4,7-8,15H2,1H3/t16-/m0/s1. The average molecular weight is 267 g/mol. The van der Waals surface area contributed by atoms with Crippen LogP contribution in [0.3, 0.4) is 0 Å². The molecule has 0 radical (unpaired) electrons. The first-order valence-electron chi connectivity index (χ1n) is 8.06. The molecule has 1 aromatic carbocycles. The van der Waals surface area contributed by atoms with E-state index in [-0.39, 0.29) is 0 Å². The molecule has 0 aliphatic heterocycles. The van der Waals surface area contributed by atoms with Gasteiger partial charge in [0.1, 0.15) is 0 Å². The fourth-order valence-corrected chi connectivity index (χ4v) is 3.54. The Morgan fingerprint density at radius 3 is 2.30 bits per heavy atom. The van der Waals surface area contributed by atoms with E-state index in [0.29, 0.717) is 5.92 Å². The summed E-state index contributed by atoms with van der Waals surface area (Å²) < 4.78 is 2.16. The van der Waals surface area contributed by atoms with Crippen molar-refractivity contribution in [1.29, 1.82) is 0 Å². The topological polar surface area (TPSA) is 4.93 Å². The maximum absolute atomic E-state index is 2.39. The smallest absolute Gasteiger partial charge is 0.0449 e. The quantitative estimate of drug-likeness (QED) is 0.684. The van der Waals surface area contributed by atoms with Crippen LogP contribution in [-0.4, -0.2) is 4.57 Å². The van der Waals surface area contributed by atoms with Crippen LogP contribution >= 0.6 is 0 Å². The molecule has 20 heavy (non-hydrogen) atoms. The van der Waals surface area contributed by atoms with Gasteiger partial charge in [-0.3, -0.25) is 0 Å². The van der Waals surface area contributed by atoms with Crippen molar-refractivity contribution in [3.63, 3.8) is 0 Å². The van der Waals surface area contributed by atoms with Crippen LogP contribution in [0.2, 0.25) is 0 Å². The lowest BCUT2D eigenvalue weighted by Gasteiger charge is -2.25. The van der Waals surface area contributed by atoms with E-state index in [1.165, 1.54) is 49.8 Å².